The van der Waals surface area contributed by atoms with E-state index in [2.05, 4.69) is 62.9 Å². The summed E-state index contributed by atoms with van der Waals surface area (Å²) in [5.74, 6) is 3.85. The van der Waals surface area contributed by atoms with Gasteiger partial charge in [0.1, 0.15) is 0 Å². The maximum absolute atomic E-state index is 4.23. The molecule has 1 aliphatic rings. The smallest absolute Gasteiger partial charge is 0.0410 e. The van der Waals surface area contributed by atoms with Crippen molar-refractivity contribution in [1.82, 2.24) is 10.3 Å². The topological polar surface area (TPSA) is 24.9 Å². The van der Waals surface area contributed by atoms with Gasteiger partial charge in [-0.2, -0.15) is 23.5 Å². The molecule has 1 fully saturated rings. The molecule has 0 aromatic carbocycles. The van der Waals surface area contributed by atoms with Gasteiger partial charge in [-0.05, 0) is 41.0 Å². The summed E-state index contributed by atoms with van der Waals surface area (Å²) < 4.78 is 1.07. The Labute approximate surface area is 120 Å². The second-order valence-corrected chi connectivity index (χ2v) is 7.51. The van der Waals surface area contributed by atoms with Gasteiger partial charge in [0.05, 0.1) is 0 Å². The molecule has 2 nitrogen and oxygen atoms in total. The van der Waals surface area contributed by atoms with E-state index in [9.17, 15) is 0 Å². The number of hydrogen-bond donors (Lipinski definition) is 1. The molecular formula is C12H17BrN2S2. The Hall–Kier alpha value is 0.290. The number of halogens is 1. The van der Waals surface area contributed by atoms with E-state index in [-0.39, 0.29) is 0 Å². The maximum atomic E-state index is 4.23. The van der Waals surface area contributed by atoms with Crippen LogP contribution in [0.25, 0.3) is 0 Å². The number of aromatic nitrogens is 1. The highest BCUT2D eigenvalue weighted by molar-refractivity contribution is 9.10. The Bertz CT molecular complexity index is 356. The van der Waals surface area contributed by atoms with Crippen LogP contribution < -0.4 is 5.32 Å². The van der Waals surface area contributed by atoms with Crippen molar-refractivity contribution in [1.29, 1.82) is 0 Å². The minimum absolute atomic E-state index is 0.545. The molecule has 2 rings (SSSR count). The number of likely N-dealkylation sites (N-methyl/N-ethyl adjacent to an activating group) is 1. The quantitative estimate of drug-likeness (QED) is 0.916. The van der Waals surface area contributed by atoms with Gasteiger partial charge in [-0.25, -0.2) is 0 Å². The molecule has 0 aliphatic carbocycles. The number of nitrogens with zero attached hydrogens (tertiary/aromatic N) is 1. The van der Waals surface area contributed by atoms with Gasteiger partial charge in [0, 0.05) is 45.4 Å². The van der Waals surface area contributed by atoms with Gasteiger partial charge in [0.25, 0.3) is 0 Å². The van der Waals surface area contributed by atoms with Crippen LogP contribution in [0.3, 0.4) is 0 Å². The first kappa shape index (κ1) is 13.7. The van der Waals surface area contributed by atoms with Crippen LogP contribution in [0.5, 0.6) is 0 Å². The SMILES string of the molecule is CNC(Cc1cncc(Br)c1)C1CSCCS1. The van der Waals surface area contributed by atoms with Gasteiger partial charge < -0.3 is 5.32 Å². The third-order valence-corrected chi connectivity index (χ3v) is 6.23. The largest absolute Gasteiger partial charge is 0.316 e. The average Bonchev–Trinajstić information content (AvgIpc) is 2.37. The van der Waals surface area contributed by atoms with Gasteiger partial charge >= 0.3 is 0 Å². The summed E-state index contributed by atoms with van der Waals surface area (Å²) >= 11 is 7.66. The summed E-state index contributed by atoms with van der Waals surface area (Å²) in [5, 5.41) is 4.18. The zero-order valence-electron chi connectivity index (χ0n) is 9.86. The van der Waals surface area contributed by atoms with Crippen LogP contribution in [0.2, 0.25) is 0 Å². The Morgan fingerprint density at radius 3 is 3.06 bits per heavy atom. The van der Waals surface area contributed by atoms with Crippen LogP contribution in [0.1, 0.15) is 5.56 Å². The molecule has 0 saturated carbocycles. The number of nitrogens with one attached hydrogen (secondary N) is 1. The molecule has 1 saturated heterocycles. The van der Waals surface area contributed by atoms with E-state index < -0.39 is 0 Å². The van der Waals surface area contributed by atoms with Gasteiger partial charge in [0.2, 0.25) is 0 Å². The molecule has 1 N–H and O–H groups in total. The molecule has 17 heavy (non-hydrogen) atoms. The number of hydrogen-bond acceptors (Lipinski definition) is 4. The van der Waals surface area contributed by atoms with Gasteiger partial charge in [-0.1, -0.05) is 0 Å². The molecule has 2 unspecified atom stereocenters. The number of thioether (sulfide) groups is 2. The second-order valence-electron chi connectivity index (χ2n) is 4.09. The van der Waals surface area contributed by atoms with Crippen molar-refractivity contribution >= 4 is 39.5 Å². The first-order chi connectivity index (χ1) is 8.29. The molecule has 5 heteroatoms. The standard InChI is InChI=1S/C12H17BrN2S2/c1-14-11(12-8-16-2-3-17-12)5-9-4-10(13)7-15-6-9/h4,6-7,11-12,14H,2-3,5,8H2,1H3. The molecule has 0 bridgehead atoms. The third-order valence-electron chi connectivity index (χ3n) is 2.88. The summed E-state index contributed by atoms with van der Waals surface area (Å²) in [6.07, 6.45) is 4.86. The highest BCUT2D eigenvalue weighted by Gasteiger charge is 2.23. The third kappa shape index (κ3) is 4.16. The minimum Gasteiger partial charge on any atom is -0.316 e. The minimum atomic E-state index is 0.545. The van der Waals surface area contributed by atoms with Gasteiger partial charge in [0.15, 0.2) is 0 Å². The van der Waals surface area contributed by atoms with E-state index >= 15 is 0 Å². The summed E-state index contributed by atoms with van der Waals surface area (Å²) in [4.78, 5) is 4.23. The highest BCUT2D eigenvalue weighted by Crippen LogP contribution is 2.27. The number of rotatable bonds is 4. The first-order valence-electron chi connectivity index (χ1n) is 5.75. The average molecular weight is 333 g/mol. The van der Waals surface area contributed by atoms with Crippen molar-refractivity contribution in [2.75, 3.05) is 24.3 Å². The van der Waals surface area contributed by atoms with Crippen molar-refractivity contribution in [3.05, 3.63) is 28.5 Å². The molecule has 0 spiro atoms. The summed E-state index contributed by atoms with van der Waals surface area (Å²) in [5.41, 5.74) is 1.30. The van der Waals surface area contributed by atoms with Crippen LogP contribution in [0, 0.1) is 0 Å². The molecule has 2 heterocycles. The lowest BCUT2D eigenvalue weighted by molar-refractivity contribution is 0.556. The van der Waals surface area contributed by atoms with Crippen LogP contribution in [-0.2, 0) is 6.42 Å². The predicted octanol–water partition coefficient (Wildman–Crippen LogP) is 2.82. The fourth-order valence-electron chi connectivity index (χ4n) is 1.98. The Balaban J connectivity index is 1.98. The van der Waals surface area contributed by atoms with Crippen LogP contribution >= 0.6 is 39.5 Å². The Morgan fingerprint density at radius 2 is 2.41 bits per heavy atom. The molecule has 1 aromatic rings. The zero-order valence-corrected chi connectivity index (χ0v) is 13.1. The molecular weight excluding hydrogens is 316 g/mol. The molecule has 94 valence electrons. The fourth-order valence-corrected chi connectivity index (χ4v) is 5.32. The van der Waals surface area contributed by atoms with Crippen molar-refractivity contribution in [2.45, 2.75) is 17.7 Å². The van der Waals surface area contributed by atoms with E-state index in [1.165, 1.54) is 22.8 Å². The van der Waals surface area contributed by atoms with E-state index in [0.717, 1.165) is 16.1 Å². The van der Waals surface area contributed by atoms with Crippen LogP contribution in [0.15, 0.2) is 22.9 Å². The lowest BCUT2D eigenvalue weighted by atomic mass is 10.1. The van der Waals surface area contributed by atoms with Crippen molar-refractivity contribution < 1.29 is 0 Å². The molecule has 0 amide bonds. The lowest BCUT2D eigenvalue weighted by Gasteiger charge is -2.29. The molecule has 1 aliphatic heterocycles. The fraction of sp³-hybridized carbons (Fsp3) is 0.583. The Kier molecular flexibility index (Phi) is 5.66. The summed E-state index contributed by atoms with van der Waals surface area (Å²) in [6, 6.07) is 2.71. The molecule has 1 aromatic heterocycles. The van der Waals surface area contributed by atoms with Gasteiger partial charge in [-0.3, -0.25) is 4.98 Å². The second kappa shape index (κ2) is 7.02. The van der Waals surface area contributed by atoms with Crippen LogP contribution in [-0.4, -0.2) is 40.6 Å². The lowest BCUT2D eigenvalue weighted by Crippen LogP contribution is -2.40. The predicted molar refractivity (Wildman–Crippen MR) is 82.1 cm³/mol. The van der Waals surface area contributed by atoms with Gasteiger partial charge in [-0.15, -0.1) is 0 Å². The summed E-state index contributed by atoms with van der Waals surface area (Å²) in [6.45, 7) is 0. The highest BCUT2D eigenvalue weighted by atomic mass is 79.9. The molecule has 0 radical (unpaired) electrons. The van der Waals surface area contributed by atoms with Crippen molar-refractivity contribution in [3.8, 4) is 0 Å². The summed E-state index contributed by atoms with van der Waals surface area (Å²) in [7, 11) is 2.07. The Morgan fingerprint density at radius 1 is 1.53 bits per heavy atom. The van der Waals surface area contributed by atoms with E-state index in [1.54, 1.807) is 0 Å². The van der Waals surface area contributed by atoms with Crippen molar-refractivity contribution in [3.63, 3.8) is 0 Å². The van der Waals surface area contributed by atoms with E-state index in [0.29, 0.717) is 6.04 Å². The van der Waals surface area contributed by atoms with E-state index in [1.807, 2.05) is 12.4 Å². The van der Waals surface area contributed by atoms with E-state index in [4.69, 9.17) is 0 Å². The van der Waals surface area contributed by atoms with Crippen LogP contribution in [0.4, 0.5) is 0 Å². The zero-order chi connectivity index (χ0) is 12.1. The molecule has 2 atom stereocenters. The number of pyridine rings is 1. The maximum Gasteiger partial charge on any atom is 0.0410 e. The van der Waals surface area contributed by atoms with Crippen molar-refractivity contribution in [2.24, 2.45) is 0 Å². The monoisotopic (exact) mass is 332 g/mol. The first-order valence-corrected chi connectivity index (χ1v) is 8.75. The normalized spacial score (nSPS) is 22.4.